The highest BCUT2D eigenvalue weighted by molar-refractivity contribution is 6.58. The first-order chi connectivity index (χ1) is 12.5. The molecule has 0 atom stereocenters. The van der Waals surface area contributed by atoms with E-state index in [9.17, 15) is 0 Å². The Bertz CT molecular complexity index is 319. The lowest BCUT2D eigenvalue weighted by Gasteiger charge is -2.40. The van der Waals surface area contributed by atoms with Crippen LogP contribution in [0.25, 0.3) is 0 Å². The molecule has 164 valence electrons. The van der Waals surface area contributed by atoms with Gasteiger partial charge in [-0.1, -0.05) is 32.4 Å². The highest BCUT2D eigenvalue weighted by atomic mass is 28.3. The van der Waals surface area contributed by atoms with E-state index < -0.39 is 19.0 Å². The molecule has 0 amide bonds. The largest absolute Gasteiger partial charge is 0.352 e. The molecule has 0 aliphatic carbocycles. The molecule has 0 heterocycles. The van der Waals surface area contributed by atoms with Gasteiger partial charge in [0, 0.05) is 0 Å². The second-order valence-electron chi connectivity index (χ2n) is 8.84. The Morgan fingerprint density at radius 2 is 0.815 bits per heavy atom. The molecule has 0 fully saturated rings. The van der Waals surface area contributed by atoms with Crippen molar-refractivity contribution in [3.63, 3.8) is 0 Å². The van der Waals surface area contributed by atoms with Gasteiger partial charge in [-0.15, -0.1) is 0 Å². The van der Waals surface area contributed by atoms with Gasteiger partial charge in [-0.3, -0.25) is 0 Å². The van der Waals surface area contributed by atoms with Crippen LogP contribution in [0.2, 0.25) is 5.67 Å². The van der Waals surface area contributed by atoms with E-state index in [-0.39, 0.29) is 35.2 Å². The van der Waals surface area contributed by atoms with E-state index in [4.69, 9.17) is 18.9 Å². The van der Waals surface area contributed by atoms with E-state index in [1.54, 1.807) is 0 Å². The number of hydrogen-bond acceptors (Lipinski definition) is 4. The Balaban J connectivity index is 5.31. The van der Waals surface area contributed by atoms with Gasteiger partial charge in [0.15, 0.2) is 0 Å². The van der Waals surface area contributed by atoms with Gasteiger partial charge in [0.1, 0.15) is 10.8 Å². The van der Waals surface area contributed by atoms with Crippen LogP contribution in [0.4, 0.5) is 0 Å². The maximum Gasteiger partial charge on any atom is 0.145 e. The summed E-state index contributed by atoms with van der Waals surface area (Å²) in [6.45, 7) is 21.4. The molecular formula is C21H48O4Si2. The standard InChI is InChI=1S/C21H48O4Si2/c1-11-13-20(22-16(3)4,23-17(5)6)26-15-27-21(14-12-2,24-18(7)8)25-19(9)10/h16-19H,11-15,26-27H2,1-10H3. The van der Waals surface area contributed by atoms with Crippen molar-refractivity contribution in [2.24, 2.45) is 0 Å². The SMILES string of the molecule is CCCC(OC(C)C)(OC(C)C)[SiH2]C[SiH2]C(CCC)(OC(C)C)OC(C)C. The predicted molar refractivity (Wildman–Crippen MR) is 122 cm³/mol. The summed E-state index contributed by atoms with van der Waals surface area (Å²) in [5, 5.41) is 0. The Labute approximate surface area is 174 Å². The fraction of sp³-hybridized carbons (Fsp3) is 1.00. The quantitative estimate of drug-likeness (QED) is 0.275. The van der Waals surface area contributed by atoms with Crippen molar-refractivity contribution in [1.82, 2.24) is 0 Å². The minimum atomic E-state index is -0.585. The van der Waals surface area contributed by atoms with E-state index in [1.165, 1.54) is 5.67 Å². The molecular weight excluding hydrogens is 372 g/mol. The van der Waals surface area contributed by atoms with Crippen LogP contribution in [-0.2, 0) is 18.9 Å². The molecule has 0 aromatic rings. The minimum absolute atomic E-state index is 0.184. The molecule has 0 saturated heterocycles. The summed E-state index contributed by atoms with van der Waals surface area (Å²) in [6, 6.07) is 0. The van der Waals surface area contributed by atoms with E-state index in [2.05, 4.69) is 69.2 Å². The summed E-state index contributed by atoms with van der Waals surface area (Å²) in [7, 11) is -1.17. The third-order valence-electron chi connectivity index (χ3n) is 4.18. The Kier molecular flexibility index (Phi) is 13.6. The third kappa shape index (κ3) is 11.8. The Morgan fingerprint density at radius 1 is 0.556 bits per heavy atom. The van der Waals surface area contributed by atoms with Crippen molar-refractivity contribution < 1.29 is 18.9 Å². The smallest absolute Gasteiger partial charge is 0.145 e. The summed E-state index contributed by atoms with van der Waals surface area (Å²) in [5.41, 5.74) is 0.522. The lowest BCUT2D eigenvalue weighted by Crippen LogP contribution is -2.50. The van der Waals surface area contributed by atoms with E-state index in [1.807, 2.05) is 0 Å². The molecule has 0 radical (unpaired) electrons. The fourth-order valence-electron chi connectivity index (χ4n) is 3.88. The van der Waals surface area contributed by atoms with Gasteiger partial charge in [0.2, 0.25) is 0 Å². The van der Waals surface area contributed by atoms with Crippen molar-refractivity contribution in [1.29, 1.82) is 0 Å². The zero-order valence-electron chi connectivity index (χ0n) is 19.9. The van der Waals surface area contributed by atoms with Crippen molar-refractivity contribution in [2.75, 3.05) is 0 Å². The van der Waals surface area contributed by atoms with Crippen LogP contribution in [0.5, 0.6) is 0 Å². The van der Waals surface area contributed by atoms with Gasteiger partial charge in [0.25, 0.3) is 0 Å². The first-order valence-corrected chi connectivity index (χ1v) is 14.6. The molecule has 0 N–H and O–H groups in total. The number of rotatable bonds is 16. The van der Waals surface area contributed by atoms with E-state index >= 15 is 0 Å². The molecule has 0 saturated carbocycles. The van der Waals surface area contributed by atoms with E-state index in [0.29, 0.717) is 0 Å². The van der Waals surface area contributed by atoms with E-state index in [0.717, 1.165) is 25.7 Å². The monoisotopic (exact) mass is 420 g/mol. The molecule has 6 heteroatoms. The van der Waals surface area contributed by atoms with Gasteiger partial charge in [-0.2, -0.15) is 0 Å². The summed E-state index contributed by atoms with van der Waals surface area (Å²) < 4.78 is 25.6. The highest BCUT2D eigenvalue weighted by Gasteiger charge is 2.37. The second kappa shape index (κ2) is 13.5. The van der Waals surface area contributed by atoms with Crippen LogP contribution in [0.3, 0.4) is 0 Å². The molecule has 0 aliphatic heterocycles. The van der Waals surface area contributed by atoms with Gasteiger partial charge >= 0.3 is 0 Å². The maximum atomic E-state index is 6.41. The van der Waals surface area contributed by atoms with Crippen molar-refractivity contribution in [3.05, 3.63) is 0 Å². The van der Waals surface area contributed by atoms with Crippen LogP contribution in [-0.4, -0.2) is 54.3 Å². The molecule has 0 unspecified atom stereocenters. The maximum absolute atomic E-state index is 6.41. The molecule has 4 nitrogen and oxygen atoms in total. The summed E-state index contributed by atoms with van der Waals surface area (Å²) in [5.74, 6) is 0. The minimum Gasteiger partial charge on any atom is -0.352 e. The van der Waals surface area contributed by atoms with Crippen molar-refractivity contribution in [3.8, 4) is 0 Å². The molecule has 0 aromatic carbocycles. The Hall–Kier alpha value is 0.274. The topological polar surface area (TPSA) is 36.9 Å². The first-order valence-electron chi connectivity index (χ1n) is 11.2. The average Bonchev–Trinajstić information content (AvgIpc) is 2.44. The van der Waals surface area contributed by atoms with Gasteiger partial charge in [-0.05, 0) is 68.2 Å². The van der Waals surface area contributed by atoms with Crippen molar-refractivity contribution >= 4 is 19.0 Å². The number of hydrogen-bond donors (Lipinski definition) is 0. The molecule has 0 rings (SSSR count). The lowest BCUT2D eigenvalue weighted by molar-refractivity contribution is -0.221. The van der Waals surface area contributed by atoms with Gasteiger partial charge in [0.05, 0.1) is 43.5 Å². The fourth-order valence-corrected chi connectivity index (χ4v) is 11.9. The zero-order chi connectivity index (χ0) is 21.1. The molecule has 0 aromatic heterocycles. The lowest BCUT2D eigenvalue weighted by atomic mass is 10.3. The summed E-state index contributed by atoms with van der Waals surface area (Å²) in [6.07, 6.45) is 4.87. The van der Waals surface area contributed by atoms with Crippen molar-refractivity contribution in [2.45, 2.75) is 136 Å². The summed E-state index contributed by atoms with van der Waals surface area (Å²) >= 11 is 0. The van der Waals surface area contributed by atoms with Crippen LogP contribution < -0.4 is 0 Å². The second-order valence-corrected chi connectivity index (χ2v) is 14.8. The average molecular weight is 421 g/mol. The first kappa shape index (κ1) is 27.3. The highest BCUT2D eigenvalue weighted by Crippen LogP contribution is 2.28. The third-order valence-corrected chi connectivity index (χ3v) is 9.90. The molecule has 0 spiro atoms. The van der Waals surface area contributed by atoms with Gasteiger partial charge < -0.3 is 18.9 Å². The predicted octanol–water partition coefficient (Wildman–Crippen LogP) is 4.31. The van der Waals surface area contributed by atoms with Gasteiger partial charge in [-0.25, -0.2) is 0 Å². The zero-order valence-corrected chi connectivity index (χ0v) is 22.7. The summed E-state index contributed by atoms with van der Waals surface area (Å²) in [4.78, 5) is 0. The van der Waals surface area contributed by atoms with Crippen LogP contribution in [0.1, 0.15) is 94.9 Å². The normalized spacial score (nSPS) is 14.4. The Morgan fingerprint density at radius 3 is 1.00 bits per heavy atom. The molecule has 0 bridgehead atoms. The molecule has 27 heavy (non-hydrogen) atoms. The van der Waals surface area contributed by atoms with Crippen LogP contribution >= 0.6 is 0 Å². The number of ether oxygens (including phenoxy) is 4. The molecule has 0 aliphatic rings. The van der Waals surface area contributed by atoms with Crippen LogP contribution in [0, 0.1) is 0 Å². The van der Waals surface area contributed by atoms with Crippen LogP contribution in [0.15, 0.2) is 0 Å².